The van der Waals surface area contributed by atoms with Gasteiger partial charge in [0.2, 0.25) is 0 Å². The monoisotopic (exact) mass is 502 g/mol. The lowest BCUT2D eigenvalue weighted by molar-refractivity contribution is 0.0714. The van der Waals surface area contributed by atoms with Crippen LogP contribution in [0.4, 0.5) is 0 Å². The topological polar surface area (TPSA) is 101 Å². The molecule has 2 N–H and O–H groups in total. The van der Waals surface area contributed by atoms with E-state index in [0.717, 1.165) is 21.6 Å². The van der Waals surface area contributed by atoms with Crippen LogP contribution in [0.3, 0.4) is 0 Å². The third kappa shape index (κ3) is 5.95. The smallest absolute Gasteiger partial charge is 0.175 e. The van der Waals surface area contributed by atoms with Crippen LogP contribution in [0.1, 0.15) is 39.8 Å². The molecule has 1 aromatic heterocycles. The standard InChI is InChI=1S/C25H30N2O5S2/c1-15(2)31-22-12-18(32-17-6-8-20(9-7-17)34(5,29)30)10-16-11-21(27-23(16)22)24-26-14-19(33-24)13-25(3,4)28/h6-12,15,19,27-28H,13-14H2,1-5H3. The number of rotatable bonds is 8. The van der Waals surface area contributed by atoms with Crippen LogP contribution in [0.15, 0.2) is 52.4 Å². The fourth-order valence-electron chi connectivity index (χ4n) is 3.83. The molecule has 9 heteroatoms. The molecule has 0 fully saturated rings. The Balaban J connectivity index is 1.62. The largest absolute Gasteiger partial charge is 0.489 e. The zero-order valence-electron chi connectivity index (χ0n) is 20.0. The normalized spacial score (nSPS) is 16.8. The van der Waals surface area contributed by atoms with Gasteiger partial charge < -0.3 is 19.6 Å². The molecule has 34 heavy (non-hydrogen) atoms. The summed E-state index contributed by atoms with van der Waals surface area (Å²) in [7, 11) is -3.27. The maximum Gasteiger partial charge on any atom is 0.175 e. The second-order valence-electron chi connectivity index (χ2n) is 9.48. The lowest BCUT2D eigenvalue weighted by Gasteiger charge is -2.20. The summed E-state index contributed by atoms with van der Waals surface area (Å²) in [4.78, 5) is 8.38. The minimum atomic E-state index is -3.27. The molecule has 0 saturated carbocycles. The Bertz CT molecular complexity index is 1320. The molecule has 1 aliphatic rings. The number of sulfone groups is 1. The Hall–Kier alpha value is -2.49. The number of nitrogens with zero attached hydrogens (tertiary/aromatic N) is 1. The third-order valence-corrected chi connectivity index (χ3v) is 7.54. The summed E-state index contributed by atoms with van der Waals surface area (Å²) in [5, 5.41) is 12.2. The van der Waals surface area contributed by atoms with Crippen molar-refractivity contribution in [1.82, 2.24) is 4.98 Å². The Morgan fingerprint density at radius 1 is 1.18 bits per heavy atom. The first-order chi connectivity index (χ1) is 15.9. The Morgan fingerprint density at radius 2 is 1.88 bits per heavy atom. The predicted octanol–water partition coefficient (Wildman–Crippen LogP) is 5.17. The number of aromatic amines is 1. The Morgan fingerprint density at radius 3 is 2.50 bits per heavy atom. The average molecular weight is 503 g/mol. The molecule has 0 amide bonds. The zero-order valence-corrected chi connectivity index (χ0v) is 21.6. The highest BCUT2D eigenvalue weighted by Gasteiger charge is 2.27. The van der Waals surface area contributed by atoms with Gasteiger partial charge in [-0.2, -0.15) is 0 Å². The van der Waals surface area contributed by atoms with Crippen LogP contribution in [0.25, 0.3) is 10.9 Å². The van der Waals surface area contributed by atoms with E-state index in [-0.39, 0.29) is 16.2 Å². The molecular weight excluding hydrogens is 472 g/mol. The van der Waals surface area contributed by atoms with Crippen molar-refractivity contribution in [3.05, 3.63) is 48.2 Å². The number of ether oxygens (including phenoxy) is 2. The van der Waals surface area contributed by atoms with E-state index >= 15 is 0 Å². The van der Waals surface area contributed by atoms with Crippen LogP contribution in [0.5, 0.6) is 17.2 Å². The van der Waals surface area contributed by atoms with E-state index < -0.39 is 15.4 Å². The summed E-state index contributed by atoms with van der Waals surface area (Å²) in [6.45, 7) is 8.24. The van der Waals surface area contributed by atoms with Crippen molar-refractivity contribution in [3.8, 4) is 17.2 Å². The fourth-order valence-corrected chi connectivity index (χ4v) is 5.80. The van der Waals surface area contributed by atoms with Crippen LogP contribution in [-0.4, -0.2) is 53.3 Å². The van der Waals surface area contributed by atoms with E-state index in [9.17, 15) is 13.5 Å². The first-order valence-corrected chi connectivity index (χ1v) is 13.9. The highest BCUT2D eigenvalue weighted by atomic mass is 32.2. The molecule has 1 aliphatic heterocycles. The van der Waals surface area contributed by atoms with Crippen molar-refractivity contribution in [2.45, 2.75) is 56.0 Å². The van der Waals surface area contributed by atoms with E-state index in [1.165, 1.54) is 18.4 Å². The number of H-pyrrole nitrogens is 1. The van der Waals surface area contributed by atoms with Crippen molar-refractivity contribution in [1.29, 1.82) is 0 Å². The molecule has 0 spiro atoms. The van der Waals surface area contributed by atoms with Gasteiger partial charge in [0.25, 0.3) is 0 Å². The number of thioether (sulfide) groups is 1. The molecule has 2 aromatic carbocycles. The predicted molar refractivity (Wildman–Crippen MR) is 137 cm³/mol. The van der Waals surface area contributed by atoms with Crippen molar-refractivity contribution in [2.75, 3.05) is 12.8 Å². The molecule has 0 bridgehead atoms. The number of benzene rings is 2. The van der Waals surface area contributed by atoms with Crippen molar-refractivity contribution in [2.24, 2.45) is 4.99 Å². The van der Waals surface area contributed by atoms with Gasteiger partial charge in [0.1, 0.15) is 22.3 Å². The number of fused-ring (bicyclic) bond motifs is 1. The maximum absolute atomic E-state index is 11.7. The Labute approximate surface area is 204 Å². The van der Waals surface area contributed by atoms with E-state index in [1.54, 1.807) is 23.9 Å². The second-order valence-corrected chi connectivity index (χ2v) is 12.8. The molecule has 0 saturated heterocycles. The molecular formula is C25H30N2O5S2. The van der Waals surface area contributed by atoms with Crippen molar-refractivity contribution >= 4 is 37.5 Å². The van der Waals surface area contributed by atoms with Gasteiger partial charge in [-0.05, 0) is 70.5 Å². The number of aliphatic imine (C=N–C) groups is 1. The lowest BCUT2D eigenvalue weighted by Crippen LogP contribution is -2.25. The number of hydrogen-bond acceptors (Lipinski definition) is 7. The van der Waals surface area contributed by atoms with Crippen molar-refractivity contribution in [3.63, 3.8) is 0 Å². The third-order valence-electron chi connectivity index (χ3n) is 5.19. The van der Waals surface area contributed by atoms with Gasteiger partial charge in [0.05, 0.1) is 34.4 Å². The molecule has 0 radical (unpaired) electrons. The summed E-state index contributed by atoms with van der Waals surface area (Å²) in [5.41, 5.74) is 1.03. The summed E-state index contributed by atoms with van der Waals surface area (Å²) >= 11 is 1.67. The molecule has 7 nitrogen and oxygen atoms in total. The average Bonchev–Trinajstić information content (AvgIpc) is 3.33. The van der Waals surface area contributed by atoms with E-state index in [2.05, 4.69) is 4.98 Å². The van der Waals surface area contributed by atoms with Gasteiger partial charge in [0, 0.05) is 23.0 Å². The molecule has 3 aromatic rings. The van der Waals surface area contributed by atoms with Crippen molar-refractivity contribution < 1.29 is 23.0 Å². The highest BCUT2D eigenvalue weighted by Crippen LogP contribution is 2.37. The molecule has 2 heterocycles. The van der Waals surface area contributed by atoms with Crippen LogP contribution in [-0.2, 0) is 9.84 Å². The van der Waals surface area contributed by atoms with Crippen LogP contribution >= 0.6 is 11.8 Å². The minimum Gasteiger partial charge on any atom is -0.489 e. The summed E-state index contributed by atoms with van der Waals surface area (Å²) in [5.74, 6) is 1.78. The Kier molecular flexibility index (Phi) is 6.72. The quantitative estimate of drug-likeness (QED) is 0.441. The highest BCUT2D eigenvalue weighted by molar-refractivity contribution is 8.15. The molecule has 0 aliphatic carbocycles. The van der Waals surface area contributed by atoms with E-state index in [0.29, 0.717) is 30.2 Å². The first-order valence-electron chi connectivity index (χ1n) is 11.1. The van der Waals surface area contributed by atoms with Gasteiger partial charge >= 0.3 is 0 Å². The fraction of sp³-hybridized carbons (Fsp3) is 0.400. The molecule has 1 unspecified atom stereocenters. The van der Waals surface area contributed by atoms with Crippen LogP contribution in [0, 0.1) is 0 Å². The molecule has 182 valence electrons. The number of aliphatic hydroxyl groups is 1. The van der Waals surface area contributed by atoms with Gasteiger partial charge in [-0.3, -0.25) is 4.99 Å². The summed E-state index contributed by atoms with van der Waals surface area (Å²) in [6.07, 6.45) is 1.81. The van der Waals surface area contributed by atoms with Gasteiger partial charge in [-0.1, -0.05) is 11.8 Å². The van der Waals surface area contributed by atoms with E-state index in [4.69, 9.17) is 14.5 Å². The second kappa shape index (κ2) is 9.28. The van der Waals surface area contributed by atoms with Crippen LogP contribution in [0.2, 0.25) is 0 Å². The number of nitrogens with one attached hydrogen (secondary N) is 1. The first kappa shape index (κ1) is 24.6. The maximum atomic E-state index is 11.7. The SMILES string of the molecule is CC(C)Oc1cc(Oc2ccc(S(C)(=O)=O)cc2)cc2cc(C3=NCC(CC(C)(C)O)S3)[nH]c12. The summed E-state index contributed by atoms with van der Waals surface area (Å²) in [6, 6.07) is 12.1. The molecule has 1 atom stereocenters. The summed E-state index contributed by atoms with van der Waals surface area (Å²) < 4.78 is 35.5. The number of aromatic nitrogens is 1. The number of hydrogen-bond donors (Lipinski definition) is 2. The van der Waals surface area contributed by atoms with Gasteiger partial charge in [0.15, 0.2) is 9.84 Å². The van der Waals surface area contributed by atoms with Gasteiger partial charge in [-0.25, -0.2) is 8.42 Å². The van der Waals surface area contributed by atoms with E-state index in [1.807, 2.05) is 45.9 Å². The zero-order chi connectivity index (χ0) is 24.7. The van der Waals surface area contributed by atoms with Crippen LogP contribution < -0.4 is 9.47 Å². The van der Waals surface area contributed by atoms with Gasteiger partial charge in [-0.15, -0.1) is 0 Å². The molecule has 4 rings (SSSR count). The lowest BCUT2D eigenvalue weighted by atomic mass is 10.0. The minimum absolute atomic E-state index is 0.0337.